The maximum Gasteiger partial charge on any atom is 0.222 e. The number of hydrogen-bond acceptors (Lipinski definition) is 5. The van der Waals surface area contributed by atoms with E-state index >= 15 is 0 Å². The van der Waals surface area contributed by atoms with Gasteiger partial charge in [-0.2, -0.15) is 4.98 Å². The minimum atomic E-state index is 0.560. The molecule has 2 rings (SSSR count). The normalized spacial score (nSPS) is 14.6. The number of likely N-dealkylation sites (N-methyl/N-ethyl adjacent to an activating group) is 1. The lowest BCUT2D eigenvalue weighted by atomic mass is 10.1. The summed E-state index contributed by atoms with van der Waals surface area (Å²) < 4.78 is 10.7. The first-order chi connectivity index (χ1) is 7.85. The number of hydrogen-bond donors (Lipinski definition) is 1. The first-order valence-electron chi connectivity index (χ1n) is 5.50. The van der Waals surface area contributed by atoms with Gasteiger partial charge in [0.25, 0.3) is 0 Å². The molecule has 16 heavy (non-hydrogen) atoms. The van der Waals surface area contributed by atoms with Gasteiger partial charge >= 0.3 is 0 Å². The van der Waals surface area contributed by atoms with Gasteiger partial charge < -0.3 is 14.8 Å². The summed E-state index contributed by atoms with van der Waals surface area (Å²) in [7, 11) is 3.56. The number of nitrogens with zero attached hydrogens (tertiary/aromatic N) is 2. The van der Waals surface area contributed by atoms with E-state index in [2.05, 4.69) is 15.3 Å². The fraction of sp³-hybridized carbons (Fsp3) is 0.636. The third kappa shape index (κ3) is 2.31. The topological polar surface area (TPSA) is 56.3 Å². The van der Waals surface area contributed by atoms with Crippen molar-refractivity contribution in [2.75, 3.05) is 27.3 Å². The molecule has 1 aromatic heterocycles. The van der Waals surface area contributed by atoms with Crippen molar-refractivity contribution in [2.24, 2.45) is 0 Å². The van der Waals surface area contributed by atoms with Gasteiger partial charge in [-0.25, -0.2) is 4.98 Å². The van der Waals surface area contributed by atoms with E-state index in [1.54, 1.807) is 7.11 Å². The molecule has 0 aromatic carbocycles. The second-order valence-electron chi connectivity index (χ2n) is 3.73. The number of nitrogens with one attached hydrogen (secondary N) is 1. The highest BCUT2D eigenvalue weighted by molar-refractivity contribution is 5.31. The molecule has 88 valence electrons. The van der Waals surface area contributed by atoms with Crippen LogP contribution in [0.5, 0.6) is 5.88 Å². The summed E-state index contributed by atoms with van der Waals surface area (Å²) in [5.41, 5.74) is 2.08. The van der Waals surface area contributed by atoms with Gasteiger partial charge in [-0.05, 0) is 7.05 Å². The summed E-state index contributed by atoms with van der Waals surface area (Å²) in [5.74, 6) is 1.50. The number of ether oxygens (including phenoxy) is 2. The first-order valence-corrected chi connectivity index (χ1v) is 5.50. The van der Waals surface area contributed by atoms with Crippen LogP contribution in [0.4, 0.5) is 0 Å². The second kappa shape index (κ2) is 5.23. The molecule has 0 unspecified atom stereocenters. The van der Waals surface area contributed by atoms with Crippen LogP contribution in [-0.4, -0.2) is 37.3 Å². The summed E-state index contributed by atoms with van der Waals surface area (Å²) >= 11 is 0. The van der Waals surface area contributed by atoms with Crippen LogP contribution in [0.2, 0.25) is 0 Å². The molecule has 0 bridgehead atoms. The second-order valence-corrected chi connectivity index (χ2v) is 3.73. The van der Waals surface area contributed by atoms with Crippen LogP contribution in [0.15, 0.2) is 0 Å². The molecule has 0 amide bonds. The molecule has 0 aliphatic carbocycles. The largest absolute Gasteiger partial charge is 0.481 e. The van der Waals surface area contributed by atoms with E-state index < -0.39 is 0 Å². The van der Waals surface area contributed by atoms with E-state index in [0.717, 1.165) is 43.1 Å². The van der Waals surface area contributed by atoms with Crippen LogP contribution in [0, 0.1) is 0 Å². The molecular formula is C11H17N3O2. The molecule has 0 saturated heterocycles. The molecule has 1 aliphatic heterocycles. The van der Waals surface area contributed by atoms with Crippen molar-refractivity contribution in [1.82, 2.24) is 15.3 Å². The van der Waals surface area contributed by atoms with Crippen molar-refractivity contribution in [2.45, 2.75) is 19.4 Å². The Kier molecular flexibility index (Phi) is 3.69. The van der Waals surface area contributed by atoms with Gasteiger partial charge in [0.1, 0.15) is 5.82 Å². The Morgan fingerprint density at radius 2 is 2.31 bits per heavy atom. The lowest BCUT2D eigenvalue weighted by molar-refractivity contribution is 0.106. The molecule has 5 nitrogen and oxygen atoms in total. The number of fused-ring (bicyclic) bond motifs is 1. The molecule has 2 heterocycles. The maximum atomic E-state index is 5.39. The van der Waals surface area contributed by atoms with Crippen LogP contribution in [0.1, 0.15) is 17.1 Å². The summed E-state index contributed by atoms with van der Waals surface area (Å²) in [6, 6.07) is 0. The average Bonchev–Trinajstić information content (AvgIpc) is 2.35. The quantitative estimate of drug-likeness (QED) is 0.796. The van der Waals surface area contributed by atoms with Crippen molar-refractivity contribution in [3.8, 4) is 5.88 Å². The van der Waals surface area contributed by atoms with Gasteiger partial charge in [0.05, 0.1) is 31.6 Å². The summed E-state index contributed by atoms with van der Waals surface area (Å²) in [6.07, 6.45) is 1.67. The molecule has 0 fully saturated rings. The third-order valence-electron chi connectivity index (χ3n) is 2.62. The number of methoxy groups -OCH3 is 1. The molecule has 0 atom stereocenters. The average molecular weight is 223 g/mol. The fourth-order valence-electron chi connectivity index (χ4n) is 1.77. The summed E-state index contributed by atoms with van der Waals surface area (Å²) in [6.45, 7) is 2.17. The smallest absolute Gasteiger partial charge is 0.222 e. The van der Waals surface area contributed by atoms with Crippen molar-refractivity contribution in [3.63, 3.8) is 0 Å². The number of aromatic nitrogens is 2. The predicted molar refractivity (Wildman–Crippen MR) is 59.6 cm³/mol. The minimum absolute atomic E-state index is 0.560. The van der Waals surface area contributed by atoms with Crippen LogP contribution in [-0.2, 0) is 24.2 Å². The zero-order valence-electron chi connectivity index (χ0n) is 9.75. The van der Waals surface area contributed by atoms with Crippen molar-refractivity contribution >= 4 is 0 Å². The van der Waals surface area contributed by atoms with Crippen LogP contribution < -0.4 is 10.1 Å². The lowest BCUT2D eigenvalue weighted by Gasteiger charge is -2.18. The van der Waals surface area contributed by atoms with E-state index in [4.69, 9.17) is 9.47 Å². The van der Waals surface area contributed by atoms with E-state index in [1.807, 2.05) is 7.05 Å². The van der Waals surface area contributed by atoms with Gasteiger partial charge in [-0.3, -0.25) is 0 Å². The van der Waals surface area contributed by atoms with Crippen LogP contribution >= 0.6 is 0 Å². The van der Waals surface area contributed by atoms with Crippen molar-refractivity contribution < 1.29 is 9.47 Å². The molecule has 0 radical (unpaired) electrons. The van der Waals surface area contributed by atoms with Crippen LogP contribution in [0.25, 0.3) is 0 Å². The Morgan fingerprint density at radius 1 is 1.44 bits per heavy atom. The fourth-order valence-corrected chi connectivity index (χ4v) is 1.77. The Morgan fingerprint density at radius 3 is 3.06 bits per heavy atom. The highest BCUT2D eigenvalue weighted by Gasteiger charge is 2.18. The molecule has 5 heteroatoms. The minimum Gasteiger partial charge on any atom is -0.481 e. The molecule has 1 N–H and O–H groups in total. The van der Waals surface area contributed by atoms with Gasteiger partial charge in [0, 0.05) is 19.4 Å². The van der Waals surface area contributed by atoms with Gasteiger partial charge in [0.15, 0.2) is 0 Å². The Labute approximate surface area is 95.2 Å². The number of rotatable bonds is 4. The molecule has 0 spiro atoms. The van der Waals surface area contributed by atoms with Gasteiger partial charge in [0.2, 0.25) is 5.88 Å². The van der Waals surface area contributed by atoms with Crippen molar-refractivity contribution in [3.05, 3.63) is 17.1 Å². The lowest BCUT2D eigenvalue weighted by Crippen LogP contribution is -2.18. The Balaban J connectivity index is 2.28. The molecule has 0 saturated carbocycles. The molecule has 1 aromatic rings. The van der Waals surface area contributed by atoms with Crippen molar-refractivity contribution in [1.29, 1.82) is 0 Å². The highest BCUT2D eigenvalue weighted by Crippen LogP contribution is 2.23. The summed E-state index contributed by atoms with van der Waals surface area (Å²) in [5, 5.41) is 3.09. The standard InChI is InChI=1S/C11H17N3O2/c1-12-5-3-10-13-9-4-6-16-7-8(9)11(14-10)15-2/h12H,3-7H2,1-2H3. The zero-order valence-corrected chi connectivity index (χ0v) is 9.75. The highest BCUT2D eigenvalue weighted by atomic mass is 16.5. The van der Waals surface area contributed by atoms with E-state index in [0.29, 0.717) is 12.5 Å². The summed E-state index contributed by atoms with van der Waals surface area (Å²) in [4.78, 5) is 8.94. The Hall–Kier alpha value is -1.20. The Bertz CT molecular complexity index is 351. The predicted octanol–water partition coefficient (Wildman–Crippen LogP) is 0.320. The van der Waals surface area contributed by atoms with E-state index in [9.17, 15) is 0 Å². The first kappa shape index (κ1) is 11.3. The molecule has 1 aliphatic rings. The zero-order chi connectivity index (χ0) is 11.4. The third-order valence-corrected chi connectivity index (χ3v) is 2.62. The van der Waals surface area contributed by atoms with E-state index in [1.165, 1.54) is 0 Å². The maximum absolute atomic E-state index is 5.39. The van der Waals surface area contributed by atoms with E-state index in [-0.39, 0.29) is 0 Å². The molecular weight excluding hydrogens is 206 g/mol. The van der Waals surface area contributed by atoms with Gasteiger partial charge in [-0.1, -0.05) is 0 Å². The van der Waals surface area contributed by atoms with Gasteiger partial charge in [-0.15, -0.1) is 0 Å². The van der Waals surface area contributed by atoms with Crippen LogP contribution in [0.3, 0.4) is 0 Å². The SMILES string of the molecule is CNCCc1nc2c(c(OC)n1)COCC2. The monoisotopic (exact) mass is 223 g/mol.